The highest BCUT2D eigenvalue weighted by molar-refractivity contribution is 5.75. The summed E-state index contributed by atoms with van der Waals surface area (Å²) in [5, 5.41) is 10.1. The van der Waals surface area contributed by atoms with Crippen molar-refractivity contribution in [3.63, 3.8) is 0 Å². The molecule has 0 saturated heterocycles. The molecular weight excluding hydrogens is 264 g/mol. The fourth-order valence-corrected chi connectivity index (χ4v) is 2.53. The first-order chi connectivity index (χ1) is 9.81. The molecule has 1 aromatic carbocycles. The number of hydrogen-bond acceptors (Lipinski definition) is 3. The van der Waals surface area contributed by atoms with E-state index in [0.29, 0.717) is 6.61 Å². The molecule has 0 amide bonds. The summed E-state index contributed by atoms with van der Waals surface area (Å²) in [6.07, 6.45) is -0.522. The van der Waals surface area contributed by atoms with Gasteiger partial charge >= 0.3 is 0 Å². The van der Waals surface area contributed by atoms with Crippen molar-refractivity contribution in [2.24, 2.45) is 11.8 Å². The average Bonchev–Trinajstić information content (AvgIpc) is 2.39. The minimum atomic E-state index is -0.645. The quantitative estimate of drug-likeness (QED) is 0.797. The lowest BCUT2D eigenvalue weighted by molar-refractivity contribution is -0.121. The van der Waals surface area contributed by atoms with Gasteiger partial charge in [-0.25, -0.2) is 0 Å². The maximum Gasteiger partial charge on any atom is 0.132 e. The molecule has 3 heteroatoms. The molecule has 0 fully saturated rings. The molecule has 0 heterocycles. The van der Waals surface area contributed by atoms with E-state index in [1.54, 1.807) is 0 Å². The van der Waals surface area contributed by atoms with Gasteiger partial charge in [-0.05, 0) is 25.3 Å². The topological polar surface area (TPSA) is 46.5 Å². The minimum absolute atomic E-state index is 0.00962. The SMILES string of the molecule is CC(=O)C[C@@H](O)[C@H](C)[C@H](OCc1ccc(C)cc1)C(C)C. The minimum Gasteiger partial charge on any atom is -0.392 e. The molecule has 1 N–H and O–H groups in total. The normalized spacial score (nSPS) is 15.8. The number of carbonyl (C=O) groups is 1. The Morgan fingerprint density at radius 3 is 2.24 bits per heavy atom. The van der Waals surface area contributed by atoms with E-state index < -0.39 is 6.10 Å². The molecule has 0 aromatic heterocycles. The van der Waals surface area contributed by atoms with Gasteiger partial charge in [-0.1, -0.05) is 50.6 Å². The van der Waals surface area contributed by atoms with Gasteiger partial charge in [-0.15, -0.1) is 0 Å². The van der Waals surface area contributed by atoms with E-state index in [4.69, 9.17) is 4.74 Å². The third-order valence-electron chi connectivity index (χ3n) is 3.84. The zero-order valence-electron chi connectivity index (χ0n) is 13.8. The zero-order chi connectivity index (χ0) is 16.0. The second-order valence-corrected chi connectivity index (χ2v) is 6.34. The first kappa shape index (κ1) is 17.9. The van der Waals surface area contributed by atoms with Crippen molar-refractivity contribution >= 4 is 5.78 Å². The summed E-state index contributed by atoms with van der Waals surface area (Å²) in [4.78, 5) is 11.2. The van der Waals surface area contributed by atoms with Crippen LogP contribution in [0.3, 0.4) is 0 Å². The van der Waals surface area contributed by atoms with Crippen LogP contribution in [0.2, 0.25) is 0 Å². The summed E-state index contributed by atoms with van der Waals surface area (Å²) >= 11 is 0. The molecule has 3 atom stereocenters. The summed E-state index contributed by atoms with van der Waals surface area (Å²) in [7, 11) is 0. The molecule has 0 bridgehead atoms. The molecule has 0 aliphatic rings. The van der Waals surface area contributed by atoms with Crippen molar-refractivity contribution in [3.05, 3.63) is 35.4 Å². The van der Waals surface area contributed by atoms with Crippen LogP contribution in [0.15, 0.2) is 24.3 Å². The Bertz CT molecular complexity index is 436. The lowest BCUT2D eigenvalue weighted by Gasteiger charge is -2.30. The number of benzene rings is 1. The summed E-state index contributed by atoms with van der Waals surface area (Å²) in [5.74, 6) is 0.224. The molecule has 3 nitrogen and oxygen atoms in total. The largest absolute Gasteiger partial charge is 0.392 e. The molecule has 0 aliphatic carbocycles. The second-order valence-electron chi connectivity index (χ2n) is 6.34. The highest BCUT2D eigenvalue weighted by Gasteiger charge is 2.28. The average molecular weight is 292 g/mol. The van der Waals surface area contributed by atoms with Crippen LogP contribution in [0.1, 0.15) is 45.2 Å². The van der Waals surface area contributed by atoms with Gasteiger partial charge in [0.15, 0.2) is 0 Å². The number of aryl methyl sites for hydroxylation is 1. The van der Waals surface area contributed by atoms with Crippen LogP contribution in [0, 0.1) is 18.8 Å². The molecular formula is C18H28O3. The van der Waals surface area contributed by atoms with E-state index in [2.05, 4.69) is 45.0 Å². The molecule has 21 heavy (non-hydrogen) atoms. The summed E-state index contributed by atoms with van der Waals surface area (Å²) in [6, 6.07) is 8.25. The summed E-state index contributed by atoms with van der Waals surface area (Å²) in [6.45, 7) is 10.2. The van der Waals surface area contributed by atoms with Crippen LogP contribution in [0.5, 0.6) is 0 Å². The molecule has 0 aliphatic heterocycles. The molecule has 1 rings (SSSR count). The first-order valence-corrected chi connectivity index (χ1v) is 7.66. The number of rotatable bonds is 8. The van der Waals surface area contributed by atoms with Crippen molar-refractivity contribution < 1.29 is 14.6 Å². The molecule has 0 unspecified atom stereocenters. The predicted molar refractivity (Wildman–Crippen MR) is 85.1 cm³/mol. The number of ketones is 1. The highest BCUT2D eigenvalue weighted by Crippen LogP contribution is 2.23. The lowest BCUT2D eigenvalue weighted by atomic mass is 9.88. The monoisotopic (exact) mass is 292 g/mol. The molecule has 0 saturated carbocycles. The fourth-order valence-electron chi connectivity index (χ4n) is 2.53. The van der Waals surface area contributed by atoms with Gasteiger partial charge in [-0.2, -0.15) is 0 Å². The van der Waals surface area contributed by atoms with E-state index >= 15 is 0 Å². The maximum atomic E-state index is 11.2. The molecule has 0 radical (unpaired) electrons. The number of hydrogen-bond donors (Lipinski definition) is 1. The lowest BCUT2D eigenvalue weighted by Crippen LogP contribution is -2.36. The van der Waals surface area contributed by atoms with Gasteiger partial charge in [-0.3, -0.25) is 4.79 Å². The molecule has 1 aromatic rings. The van der Waals surface area contributed by atoms with Crippen LogP contribution in [0.25, 0.3) is 0 Å². The Labute approximate surface area is 128 Å². The van der Waals surface area contributed by atoms with Gasteiger partial charge in [0, 0.05) is 12.3 Å². The number of carbonyl (C=O) groups excluding carboxylic acids is 1. The Morgan fingerprint density at radius 1 is 1.19 bits per heavy atom. The van der Waals surface area contributed by atoms with Gasteiger partial charge in [0.25, 0.3) is 0 Å². The molecule has 118 valence electrons. The second kappa shape index (κ2) is 8.30. The summed E-state index contributed by atoms with van der Waals surface area (Å²) in [5.41, 5.74) is 2.35. The molecule has 0 spiro atoms. The first-order valence-electron chi connectivity index (χ1n) is 7.66. The Kier molecular flexibility index (Phi) is 7.06. The number of aliphatic hydroxyl groups is 1. The number of aliphatic hydroxyl groups excluding tert-OH is 1. The van der Waals surface area contributed by atoms with Crippen molar-refractivity contribution in [2.45, 2.75) is 59.9 Å². The smallest absolute Gasteiger partial charge is 0.132 e. The van der Waals surface area contributed by atoms with E-state index in [1.807, 2.05) is 6.92 Å². The van der Waals surface area contributed by atoms with Crippen LogP contribution in [-0.2, 0) is 16.1 Å². The highest BCUT2D eigenvalue weighted by atomic mass is 16.5. The third kappa shape index (κ3) is 5.98. The predicted octanol–water partition coefficient (Wildman–Crippen LogP) is 3.51. The maximum absolute atomic E-state index is 11.2. The zero-order valence-corrected chi connectivity index (χ0v) is 13.8. The van der Waals surface area contributed by atoms with Crippen molar-refractivity contribution in [3.8, 4) is 0 Å². The Balaban J connectivity index is 2.64. The Morgan fingerprint density at radius 2 is 1.76 bits per heavy atom. The van der Waals surface area contributed by atoms with Gasteiger partial charge in [0.2, 0.25) is 0 Å². The number of ether oxygens (including phenoxy) is 1. The third-order valence-corrected chi connectivity index (χ3v) is 3.84. The van der Waals surface area contributed by atoms with E-state index in [9.17, 15) is 9.90 Å². The van der Waals surface area contributed by atoms with Crippen LogP contribution < -0.4 is 0 Å². The van der Waals surface area contributed by atoms with E-state index in [0.717, 1.165) is 5.56 Å². The van der Waals surface area contributed by atoms with E-state index in [1.165, 1.54) is 12.5 Å². The van der Waals surface area contributed by atoms with Crippen molar-refractivity contribution in [2.75, 3.05) is 0 Å². The van der Waals surface area contributed by atoms with Crippen molar-refractivity contribution in [1.82, 2.24) is 0 Å². The Hall–Kier alpha value is -1.19. The van der Waals surface area contributed by atoms with Crippen LogP contribution in [-0.4, -0.2) is 23.1 Å². The van der Waals surface area contributed by atoms with Gasteiger partial charge < -0.3 is 9.84 Å². The standard InChI is InChI=1S/C18H28O3/c1-12(2)18(15(5)17(20)10-14(4)19)21-11-16-8-6-13(3)7-9-16/h6-9,12,15,17-18,20H,10-11H2,1-5H3/t15-,17+,18+/m0/s1. The van der Waals surface area contributed by atoms with Crippen molar-refractivity contribution in [1.29, 1.82) is 0 Å². The van der Waals surface area contributed by atoms with Gasteiger partial charge in [0.05, 0.1) is 18.8 Å². The fraction of sp³-hybridized carbons (Fsp3) is 0.611. The van der Waals surface area contributed by atoms with E-state index in [-0.39, 0.29) is 30.1 Å². The van der Waals surface area contributed by atoms with Gasteiger partial charge in [0.1, 0.15) is 5.78 Å². The number of Topliss-reactive ketones (excluding diaryl/α,β-unsaturated/α-hetero) is 1. The summed E-state index contributed by atoms with van der Waals surface area (Å²) < 4.78 is 6.02. The van der Waals surface area contributed by atoms with Crippen LogP contribution in [0.4, 0.5) is 0 Å². The van der Waals surface area contributed by atoms with Crippen LogP contribution >= 0.6 is 0 Å².